The summed E-state index contributed by atoms with van der Waals surface area (Å²) in [5.74, 6) is 0.547. The largest absolute Gasteiger partial charge is 0.271 e. The van der Waals surface area contributed by atoms with Crippen molar-refractivity contribution in [1.82, 2.24) is 24.7 Å². The smallest absolute Gasteiger partial charge is 0.248 e. The molecular weight excluding hydrogens is 212 g/mol. The molecule has 2 aromatic heterocycles. The van der Waals surface area contributed by atoms with E-state index in [9.17, 15) is 0 Å². The van der Waals surface area contributed by atoms with Gasteiger partial charge >= 0.3 is 0 Å². The van der Waals surface area contributed by atoms with Gasteiger partial charge in [0.25, 0.3) is 5.95 Å². The van der Waals surface area contributed by atoms with Crippen LogP contribution in [0.25, 0.3) is 5.95 Å². The third-order valence-electron chi connectivity index (χ3n) is 1.64. The van der Waals surface area contributed by atoms with E-state index in [4.69, 9.17) is 12.2 Å². The van der Waals surface area contributed by atoms with Crippen LogP contribution < -0.4 is 0 Å². The van der Waals surface area contributed by atoms with Crippen LogP contribution in [0.5, 0.6) is 0 Å². The maximum absolute atomic E-state index is 5.06. The number of nitrogens with zero attached hydrogens (tertiary/aromatic N) is 5. The number of nitrogens with one attached hydrogen (secondary N) is 1. The highest BCUT2D eigenvalue weighted by Crippen LogP contribution is 2.03. The Kier molecular flexibility index (Phi) is 2.46. The van der Waals surface area contributed by atoms with Gasteiger partial charge in [-0.1, -0.05) is 0 Å². The molecule has 0 aliphatic carbocycles. The number of H-pyrrole nitrogens is 1. The second-order valence-electron chi connectivity index (χ2n) is 3.14. The van der Waals surface area contributed by atoms with Crippen LogP contribution in [-0.2, 0) is 0 Å². The standard InChI is InChI=1S/C8H10N6S/c1-6(2)12-14-7(10-11-8(14)15)13-5-3-4-9-13/h3-5H,1-2H3,(H,11,15). The molecule has 78 valence electrons. The van der Waals surface area contributed by atoms with Crippen LogP contribution in [-0.4, -0.2) is 30.4 Å². The summed E-state index contributed by atoms with van der Waals surface area (Å²) in [7, 11) is 0. The van der Waals surface area contributed by atoms with E-state index in [1.165, 1.54) is 4.68 Å². The van der Waals surface area contributed by atoms with Gasteiger partial charge in [0.2, 0.25) is 4.77 Å². The van der Waals surface area contributed by atoms with Crippen molar-refractivity contribution in [2.45, 2.75) is 13.8 Å². The zero-order valence-corrected chi connectivity index (χ0v) is 9.19. The molecular formula is C8H10N6S. The topological polar surface area (TPSA) is 63.8 Å². The molecule has 0 radical (unpaired) electrons. The molecule has 0 saturated heterocycles. The molecule has 0 fully saturated rings. The Morgan fingerprint density at radius 3 is 2.93 bits per heavy atom. The Labute approximate surface area is 91.2 Å². The van der Waals surface area contributed by atoms with Crippen LogP contribution in [0.4, 0.5) is 0 Å². The summed E-state index contributed by atoms with van der Waals surface area (Å²) >= 11 is 5.06. The minimum Gasteiger partial charge on any atom is -0.248 e. The predicted octanol–water partition coefficient (Wildman–Crippen LogP) is 1.37. The lowest BCUT2D eigenvalue weighted by atomic mass is 10.5. The molecule has 6 nitrogen and oxygen atoms in total. The molecule has 0 aliphatic rings. The molecule has 0 aliphatic heterocycles. The number of aromatic nitrogens is 5. The lowest BCUT2D eigenvalue weighted by molar-refractivity contribution is 0.731. The molecule has 0 unspecified atom stereocenters. The second-order valence-corrected chi connectivity index (χ2v) is 3.53. The number of hydrogen-bond acceptors (Lipinski definition) is 4. The van der Waals surface area contributed by atoms with E-state index >= 15 is 0 Å². The van der Waals surface area contributed by atoms with Gasteiger partial charge in [-0.15, -0.1) is 5.10 Å². The first-order valence-electron chi connectivity index (χ1n) is 4.38. The Morgan fingerprint density at radius 1 is 1.53 bits per heavy atom. The maximum Gasteiger partial charge on any atom is 0.271 e. The minimum atomic E-state index is 0.446. The zero-order chi connectivity index (χ0) is 10.8. The monoisotopic (exact) mass is 222 g/mol. The first-order valence-corrected chi connectivity index (χ1v) is 4.79. The van der Waals surface area contributed by atoms with Crippen molar-refractivity contribution >= 4 is 17.9 Å². The molecule has 0 saturated carbocycles. The Bertz CT molecular complexity index is 528. The van der Waals surface area contributed by atoms with Crippen LogP contribution in [0.15, 0.2) is 23.6 Å². The van der Waals surface area contributed by atoms with Gasteiger partial charge in [0.05, 0.1) is 0 Å². The molecule has 2 aromatic rings. The van der Waals surface area contributed by atoms with Gasteiger partial charge in [0.15, 0.2) is 0 Å². The Hall–Kier alpha value is -1.76. The normalized spacial score (nSPS) is 10.3. The molecule has 0 atom stereocenters. The summed E-state index contributed by atoms with van der Waals surface area (Å²) in [5.41, 5.74) is 0.890. The predicted molar refractivity (Wildman–Crippen MR) is 58.7 cm³/mol. The van der Waals surface area contributed by atoms with Crippen molar-refractivity contribution in [1.29, 1.82) is 0 Å². The summed E-state index contributed by atoms with van der Waals surface area (Å²) < 4.78 is 3.58. The molecule has 0 bridgehead atoms. The van der Waals surface area contributed by atoms with E-state index in [0.717, 1.165) is 5.71 Å². The number of rotatable bonds is 2. The lowest BCUT2D eigenvalue weighted by Crippen LogP contribution is -2.04. The van der Waals surface area contributed by atoms with Crippen molar-refractivity contribution < 1.29 is 0 Å². The van der Waals surface area contributed by atoms with Crippen molar-refractivity contribution in [3.05, 3.63) is 23.2 Å². The van der Waals surface area contributed by atoms with Crippen LogP contribution in [0.3, 0.4) is 0 Å². The van der Waals surface area contributed by atoms with E-state index in [1.807, 2.05) is 19.9 Å². The van der Waals surface area contributed by atoms with E-state index in [-0.39, 0.29) is 0 Å². The number of aromatic amines is 1. The maximum atomic E-state index is 5.06. The zero-order valence-electron chi connectivity index (χ0n) is 8.38. The fraction of sp³-hybridized carbons (Fsp3) is 0.250. The first kappa shape index (κ1) is 9.78. The van der Waals surface area contributed by atoms with Gasteiger partial charge in [0.1, 0.15) is 0 Å². The third-order valence-corrected chi connectivity index (χ3v) is 1.91. The van der Waals surface area contributed by atoms with Crippen molar-refractivity contribution in [3.63, 3.8) is 0 Å². The Balaban J connectivity index is 2.59. The summed E-state index contributed by atoms with van der Waals surface area (Å²) in [6.45, 7) is 3.78. The molecule has 0 aromatic carbocycles. The second kappa shape index (κ2) is 3.77. The van der Waals surface area contributed by atoms with E-state index < -0.39 is 0 Å². The molecule has 0 amide bonds. The molecule has 0 spiro atoms. The summed E-state index contributed by atoms with van der Waals surface area (Å²) in [4.78, 5) is 0. The van der Waals surface area contributed by atoms with E-state index in [0.29, 0.717) is 10.7 Å². The van der Waals surface area contributed by atoms with Gasteiger partial charge < -0.3 is 0 Å². The van der Waals surface area contributed by atoms with Gasteiger partial charge in [-0.3, -0.25) is 0 Å². The summed E-state index contributed by atoms with van der Waals surface area (Å²) in [5, 5.41) is 15.0. The first-order chi connectivity index (χ1) is 7.18. The Morgan fingerprint density at radius 2 is 2.33 bits per heavy atom. The number of hydrogen-bond donors (Lipinski definition) is 1. The van der Waals surface area contributed by atoms with Crippen LogP contribution >= 0.6 is 12.2 Å². The van der Waals surface area contributed by atoms with Crippen LogP contribution in [0.1, 0.15) is 13.8 Å². The molecule has 2 rings (SSSR count). The van der Waals surface area contributed by atoms with Gasteiger partial charge in [-0.25, -0.2) is 9.78 Å². The average molecular weight is 222 g/mol. The van der Waals surface area contributed by atoms with E-state index in [2.05, 4.69) is 20.4 Å². The molecule has 7 heteroatoms. The average Bonchev–Trinajstić information content (AvgIpc) is 2.76. The molecule has 1 N–H and O–H groups in total. The van der Waals surface area contributed by atoms with Crippen LogP contribution in [0.2, 0.25) is 0 Å². The molecule has 2 heterocycles. The quantitative estimate of drug-likeness (QED) is 0.616. The van der Waals surface area contributed by atoms with Crippen LogP contribution in [0, 0.1) is 4.77 Å². The highest BCUT2D eigenvalue weighted by atomic mass is 32.1. The SMILES string of the molecule is CC(C)=Nn1c(-n2cccn2)n[nH]c1=S. The third kappa shape index (κ3) is 1.86. The van der Waals surface area contributed by atoms with Crippen molar-refractivity contribution in [2.75, 3.05) is 0 Å². The molecule has 15 heavy (non-hydrogen) atoms. The van der Waals surface area contributed by atoms with Crippen molar-refractivity contribution in [3.8, 4) is 5.95 Å². The fourth-order valence-corrected chi connectivity index (χ4v) is 1.28. The van der Waals surface area contributed by atoms with Gasteiger partial charge in [-0.05, 0) is 32.1 Å². The van der Waals surface area contributed by atoms with Gasteiger partial charge in [0, 0.05) is 18.1 Å². The summed E-state index contributed by atoms with van der Waals surface area (Å²) in [6, 6.07) is 1.81. The van der Waals surface area contributed by atoms with E-state index in [1.54, 1.807) is 17.1 Å². The lowest BCUT2D eigenvalue weighted by Gasteiger charge is -1.99. The highest BCUT2D eigenvalue weighted by Gasteiger charge is 2.06. The van der Waals surface area contributed by atoms with Crippen molar-refractivity contribution in [2.24, 2.45) is 5.10 Å². The summed E-state index contributed by atoms with van der Waals surface area (Å²) in [6.07, 6.45) is 3.45. The fourth-order valence-electron chi connectivity index (χ4n) is 1.11. The minimum absolute atomic E-state index is 0.446. The van der Waals surface area contributed by atoms with Gasteiger partial charge in [-0.2, -0.15) is 14.9 Å². The highest BCUT2D eigenvalue weighted by molar-refractivity contribution is 7.71.